The Morgan fingerprint density at radius 2 is 2.00 bits per heavy atom. The van der Waals surface area contributed by atoms with Crippen LogP contribution in [-0.2, 0) is 12.8 Å². The summed E-state index contributed by atoms with van der Waals surface area (Å²) in [5, 5.41) is 3.95. The molecular formula is C14H19N3O. The average Bonchev–Trinajstić information content (AvgIpc) is 2.79. The van der Waals surface area contributed by atoms with Crippen LogP contribution in [0.2, 0.25) is 0 Å². The lowest BCUT2D eigenvalue weighted by atomic mass is 10.1. The van der Waals surface area contributed by atoms with E-state index in [1.54, 1.807) is 0 Å². The monoisotopic (exact) mass is 245 g/mol. The van der Waals surface area contributed by atoms with Crippen molar-refractivity contribution in [2.45, 2.75) is 39.2 Å². The molecule has 0 aliphatic rings. The van der Waals surface area contributed by atoms with Crippen molar-refractivity contribution in [1.82, 2.24) is 10.1 Å². The smallest absolute Gasteiger partial charge is 0.231 e. The van der Waals surface area contributed by atoms with E-state index in [1.807, 2.05) is 0 Å². The number of hydrogen-bond donors (Lipinski definition) is 1. The van der Waals surface area contributed by atoms with E-state index in [1.165, 1.54) is 11.1 Å². The molecule has 1 heterocycles. The molecule has 1 unspecified atom stereocenters. The topological polar surface area (TPSA) is 64.9 Å². The fourth-order valence-corrected chi connectivity index (χ4v) is 1.70. The van der Waals surface area contributed by atoms with Crippen LogP contribution in [-0.4, -0.2) is 16.2 Å². The molecular weight excluding hydrogens is 226 g/mol. The van der Waals surface area contributed by atoms with Crippen LogP contribution >= 0.6 is 0 Å². The summed E-state index contributed by atoms with van der Waals surface area (Å²) in [6, 6.07) is 8.43. The molecule has 1 atom stereocenters. The van der Waals surface area contributed by atoms with Gasteiger partial charge in [0.15, 0.2) is 5.82 Å². The summed E-state index contributed by atoms with van der Waals surface area (Å²) in [5.41, 5.74) is 8.29. The van der Waals surface area contributed by atoms with E-state index in [-0.39, 0.29) is 6.04 Å². The van der Waals surface area contributed by atoms with Crippen molar-refractivity contribution in [3.63, 3.8) is 0 Å². The quantitative estimate of drug-likeness (QED) is 0.877. The normalized spacial score (nSPS) is 12.6. The zero-order chi connectivity index (χ0) is 13.0. The number of benzene rings is 1. The molecule has 0 spiro atoms. The average molecular weight is 245 g/mol. The van der Waals surface area contributed by atoms with E-state index in [2.05, 4.69) is 48.3 Å². The molecule has 1 aromatic heterocycles. The second-order valence-corrected chi connectivity index (χ2v) is 4.64. The van der Waals surface area contributed by atoms with Gasteiger partial charge < -0.3 is 10.3 Å². The molecule has 0 bridgehead atoms. The van der Waals surface area contributed by atoms with E-state index in [0.29, 0.717) is 24.6 Å². The van der Waals surface area contributed by atoms with Crippen LogP contribution in [0.15, 0.2) is 28.8 Å². The second-order valence-electron chi connectivity index (χ2n) is 4.64. The number of aryl methyl sites for hydroxylation is 1. The first kappa shape index (κ1) is 12.8. The number of nitrogens with two attached hydrogens (primary N) is 1. The lowest BCUT2D eigenvalue weighted by Gasteiger charge is -2.02. The van der Waals surface area contributed by atoms with Crippen molar-refractivity contribution in [3.8, 4) is 0 Å². The molecule has 0 saturated heterocycles. The minimum absolute atomic E-state index is 0.106. The summed E-state index contributed by atoms with van der Waals surface area (Å²) in [5.74, 6) is 1.35. The van der Waals surface area contributed by atoms with Gasteiger partial charge in [-0.2, -0.15) is 4.98 Å². The van der Waals surface area contributed by atoms with Gasteiger partial charge in [-0.1, -0.05) is 41.9 Å². The minimum atomic E-state index is 0.106. The van der Waals surface area contributed by atoms with Gasteiger partial charge in [-0.3, -0.25) is 0 Å². The molecule has 18 heavy (non-hydrogen) atoms. The Balaban J connectivity index is 2.00. The molecule has 2 N–H and O–H groups in total. The SMILES string of the molecule is CCC(N)Cc1noc(Cc2ccc(C)cc2)n1. The van der Waals surface area contributed by atoms with Crippen LogP contribution < -0.4 is 5.73 Å². The Morgan fingerprint density at radius 3 is 2.67 bits per heavy atom. The maximum absolute atomic E-state index is 5.86. The largest absolute Gasteiger partial charge is 0.339 e. The molecule has 2 aromatic rings. The number of hydrogen-bond acceptors (Lipinski definition) is 4. The highest BCUT2D eigenvalue weighted by Gasteiger charge is 2.10. The van der Waals surface area contributed by atoms with Crippen LogP contribution in [0, 0.1) is 6.92 Å². The zero-order valence-electron chi connectivity index (χ0n) is 10.9. The molecule has 0 amide bonds. The van der Waals surface area contributed by atoms with Crippen LogP contribution in [0.3, 0.4) is 0 Å². The van der Waals surface area contributed by atoms with Crippen molar-refractivity contribution in [2.24, 2.45) is 5.73 Å². The Kier molecular flexibility index (Phi) is 4.10. The molecule has 0 saturated carbocycles. The fourth-order valence-electron chi connectivity index (χ4n) is 1.70. The number of rotatable bonds is 5. The lowest BCUT2D eigenvalue weighted by molar-refractivity contribution is 0.377. The van der Waals surface area contributed by atoms with E-state index < -0.39 is 0 Å². The molecule has 0 aliphatic carbocycles. The second kappa shape index (κ2) is 5.78. The minimum Gasteiger partial charge on any atom is -0.339 e. The van der Waals surface area contributed by atoms with Gasteiger partial charge >= 0.3 is 0 Å². The third kappa shape index (κ3) is 3.40. The third-order valence-corrected chi connectivity index (χ3v) is 2.96. The van der Waals surface area contributed by atoms with Gasteiger partial charge in [0.05, 0.1) is 6.42 Å². The predicted molar refractivity (Wildman–Crippen MR) is 70.3 cm³/mol. The summed E-state index contributed by atoms with van der Waals surface area (Å²) >= 11 is 0. The van der Waals surface area contributed by atoms with Gasteiger partial charge in [0, 0.05) is 12.5 Å². The van der Waals surface area contributed by atoms with Gasteiger partial charge in [-0.15, -0.1) is 0 Å². The number of aromatic nitrogens is 2. The molecule has 2 rings (SSSR count). The standard InChI is InChI=1S/C14H19N3O/c1-3-12(15)9-13-16-14(18-17-13)8-11-6-4-10(2)5-7-11/h4-7,12H,3,8-9,15H2,1-2H3. The molecule has 1 aromatic carbocycles. The number of nitrogens with zero attached hydrogens (tertiary/aromatic N) is 2. The summed E-state index contributed by atoms with van der Waals surface area (Å²) in [7, 11) is 0. The van der Waals surface area contributed by atoms with Crippen LogP contribution in [0.4, 0.5) is 0 Å². The van der Waals surface area contributed by atoms with Gasteiger partial charge in [0.2, 0.25) is 5.89 Å². The Labute approximate surface area is 107 Å². The molecule has 4 heteroatoms. The van der Waals surface area contributed by atoms with Crippen molar-refractivity contribution in [3.05, 3.63) is 47.1 Å². The van der Waals surface area contributed by atoms with E-state index in [9.17, 15) is 0 Å². The summed E-state index contributed by atoms with van der Waals surface area (Å²) in [6.45, 7) is 4.12. The van der Waals surface area contributed by atoms with Crippen molar-refractivity contribution in [1.29, 1.82) is 0 Å². The highest BCUT2D eigenvalue weighted by molar-refractivity contribution is 5.23. The molecule has 4 nitrogen and oxygen atoms in total. The maximum atomic E-state index is 5.86. The molecule has 96 valence electrons. The van der Waals surface area contributed by atoms with Crippen molar-refractivity contribution in [2.75, 3.05) is 0 Å². The first-order valence-corrected chi connectivity index (χ1v) is 6.30. The highest BCUT2D eigenvalue weighted by Crippen LogP contribution is 2.10. The Hall–Kier alpha value is -1.68. The van der Waals surface area contributed by atoms with E-state index >= 15 is 0 Å². The van der Waals surface area contributed by atoms with E-state index in [4.69, 9.17) is 10.3 Å². The zero-order valence-corrected chi connectivity index (χ0v) is 10.9. The van der Waals surface area contributed by atoms with Gasteiger partial charge in [-0.25, -0.2) is 0 Å². The van der Waals surface area contributed by atoms with Crippen molar-refractivity contribution >= 4 is 0 Å². The third-order valence-electron chi connectivity index (χ3n) is 2.96. The molecule has 0 fully saturated rings. The van der Waals surface area contributed by atoms with Gasteiger partial charge in [0.25, 0.3) is 0 Å². The van der Waals surface area contributed by atoms with Crippen LogP contribution in [0.5, 0.6) is 0 Å². The van der Waals surface area contributed by atoms with E-state index in [0.717, 1.165) is 6.42 Å². The summed E-state index contributed by atoms with van der Waals surface area (Å²) < 4.78 is 5.23. The fraction of sp³-hybridized carbons (Fsp3) is 0.429. The maximum Gasteiger partial charge on any atom is 0.231 e. The Bertz CT molecular complexity index is 490. The summed E-state index contributed by atoms with van der Waals surface area (Å²) in [4.78, 5) is 4.36. The van der Waals surface area contributed by atoms with Gasteiger partial charge in [-0.05, 0) is 18.9 Å². The first-order valence-electron chi connectivity index (χ1n) is 6.30. The molecule has 0 aliphatic heterocycles. The Morgan fingerprint density at radius 1 is 1.28 bits per heavy atom. The van der Waals surface area contributed by atoms with Crippen molar-refractivity contribution < 1.29 is 4.52 Å². The molecule has 0 radical (unpaired) electrons. The summed E-state index contributed by atoms with van der Waals surface area (Å²) in [6.07, 6.45) is 2.27. The van der Waals surface area contributed by atoms with Crippen LogP contribution in [0.1, 0.15) is 36.2 Å². The first-order chi connectivity index (χ1) is 8.67. The highest BCUT2D eigenvalue weighted by atomic mass is 16.5. The predicted octanol–water partition coefficient (Wildman–Crippen LogP) is 2.25. The van der Waals surface area contributed by atoms with Crippen LogP contribution in [0.25, 0.3) is 0 Å². The van der Waals surface area contributed by atoms with Gasteiger partial charge in [0.1, 0.15) is 0 Å². The lowest BCUT2D eigenvalue weighted by Crippen LogP contribution is -2.22.